The lowest BCUT2D eigenvalue weighted by molar-refractivity contribution is -0.141. The molecule has 1 unspecified atom stereocenters. The van der Waals surface area contributed by atoms with Crippen molar-refractivity contribution in [1.29, 1.82) is 0 Å². The van der Waals surface area contributed by atoms with Crippen LogP contribution in [0.5, 0.6) is 0 Å². The highest BCUT2D eigenvalue weighted by atomic mass is 79.9. The van der Waals surface area contributed by atoms with E-state index in [4.69, 9.17) is 5.11 Å². The van der Waals surface area contributed by atoms with Crippen LogP contribution in [0.2, 0.25) is 0 Å². The van der Waals surface area contributed by atoms with Crippen molar-refractivity contribution in [1.82, 2.24) is 10.6 Å². The van der Waals surface area contributed by atoms with Gasteiger partial charge in [-0.15, -0.1) is 11.3 Å². The second-order valence-corrected chi connectivity index (χ2v) is 5.78. The highest BCUT2D eigenvalue weighted by molar-refractivity contribution is 9.10. The van der Waals surface area contributed by atoms with Gasteiger partial charge in [0.15, 0.2) is 0 Å². The van der Waals surface area contributed by atoms with Crippen molar-refractivity contribution in [3.8, 4) is 0 Å². The minimum absolute atomic E-state index is 0.280. The summed E-state index contributed by atoms with van der Waals surface area (Å²) in [5.74, 6) is -1.29. The Balaban J connectivity index is 2.16. The first-order valence-corrected chi connectivity index (χ1v) is 7.13. The van der Waals surface area contributed by atoms with Crippen LogP contribution in [0.3, 0.4) is 0 Å². The van der Waals surface area contributed by atoms with Gasteiger partial charge >= 0.3 is 12.0 Å². The highest BCUT2D eigenvalue weighted by Gasteiger charge is 2.10. The summed E-state index contributed by atoms with van der Waals surface area (Å²) < 4.78 is 1.000. The molecule has 3 N–H and O–H groups in total. The molecule has 5 nitrogen and oxygen atoms in total. The quantitative estimate of drug-likeness (QED) is 0.747. The van der Waals surface area contributed by atoms with Crippen LogP contribution in [0.25, 0.3) is 0 Å². The molecule has 0 bridgehead atoms. The first-order valence-electron chi connectivity index (χ1n) is 5.46. The highest BCUT2D eigenvalue weighted by Crippen LogP contribution is 2.19. The van der Waals surface area contributed by atoms with Crippen LogP contribution in [0.4, 0.5) is 4.79 Å². The number of nitrogens with one attached hydrogen (secondary N) is 2. The Hall–Kier alpha value is -1.08. The first-order chi connectivity index (χ1) is 8.49. The van der Waals surface area contributed by atoms with Gasteiger partial charge < -0.3 is 15.7 Å². The Morgan fingerprint density at radius 2 is 2.22 bits per heavy atom. The summed E-state index contributed by atoms with van der Waals surface area (Å²) in [6.45, 7) is 2.44. The predicted molar refractivity (Wildman–Crippen MR) is 73.7 cm³/mol. The lowest BCUT2D eigenvalue weighted by Crippen LogP contribution is -2.36. The first kappa shape index (κ1) is 15.0. The number of carbonyl (C=O) groups excluding carboxylic acids is 1. The maximum Gasteiger partial charge on any atom is 0.315 e. The standard InChI is InChI=1S/C11H15BrN2O3S/c1-7(10(15)16)2-3-13-11(17)14-5-9-4-8(12)6-18-9/h4,6-7H,2-3,5H2,1H3,(H,15,16)(H2,13,14,17). The van der Waals surface area contributed by atoms with E-state index in [-0.39, 0.29) is 6.03 Å². The summed E-state index contributed by atoms with van der Waals surface area (Å²) >= 11 is 4.89. The van der Waals surface area contributed by atoms with Crippen molar-refractivity contribution >= 4 is 39.3 Å². The second kappa shape index (κ2) is 7.38. The second-order valence-electron chi connectivity index (χ2n) is 3.87. The molecule has 0 aliphatic rings. The molecule has 0 saturated heterocycles. The molecule has 1 heterocycles. The normalized spacial score (nSPS) is 11.9. The van der Waals surface area contributed by atoms with Crippen LogP contribution in [-0.4, -0.2) is 23.7 Å². The van der Waals surface area contributed by atoms with Crippen molar-refractivity contribution in [3.63, 3.8) is 0 Å². The fourth-order valence-corrected chi connectivity index (χ4v) is 2.59. The van der Waals surface area contributed by atoms with Crippen molar-refractivity contribution in [2.75, 3.05) is 6.54 Å². The summed E-state index contributed by atoms with van der Waals surface area (Å²) in [7, 11) is 0. The third kappa shape index (κ3) is 5.50. The summed E-state index contributed by atoms with van der Waals surface area (Å²) in [6.07, 6.45) is 0.424. The molecule has 0 aromatic carbocycles. The van der Waals surface area contributed by atoms with Crippen LogP contribution in [0.1, 0.15) is 18.2 Å². The smallest absolute Gasteiger partial charge is 0.315 e. The molecule has 0 fully saturated rings. The van der Waals surface area contributed by atoms with Crippen LogP contribution >= 0.6 is 27.3 Å². The average Bonchev–Trinajstić information content (AvgIpc) is 2.72. The minimum atomic E-state index is -0.847. The third-order valence-electron chi connectivity index (χ3n) is 2.33. The van der Waals surface area contributed by atoms with E-state index < -0.39 is 11.9 Å². The molecule has 2 amide bonds. The van der Waals surface area contributed by atoms with Gasteiger partial charge in [0, 0.05) is 21.3 Å². The van der Waals surface area contributed by atoms with Gasteiger partial charge in [-0.05, 0) is 28.4 Å². The number of halogens is 1. The molecule has 100 valence electrons. The van der Waals surface area contributed by atoms with E-state index >= 15 is 0 Å². The predicted octanol–water partition coefficient (Wildman–Crippen LogP) is 2.42. The number of amides is 2. The molecule has 1 atom stereocenters. The summed E-state index contributed by atoms with van der Waals surface area (Å²) in [5, 5.41) is 16.0. The molecule has 0 radical (unpaired) electrons. The van der Waals surface area contributed by atoms with Crippen molar-refractivity contribution < 1.29 is 14.7 Å². The molecule has 1 aromatic rings. The number of urea groups is 1. The number of hydrogen-bond donors (Lipinski definition) is 3. The lowest BCUT2D eigenvalue weighted by Gasteiger charge is -2.08. The van der Waals surface area contributed by atoms with Crippen molar-refractivity contribution in [2.45, 2.75) is 19.9 Å². The average molecular weight is 335 g/mol. The van der Waals surface area contributed by atoms with E-state index in [1.165, 1.54) is 0 Å². The van der Waals surface area contributed by atoms with Gasteiger partial charge in [0.1, 0.15) is 0 Å². The Morgan fingerprint density at radius 1 is 1.50 bits per heavy atom. The lowest BCUT2D eigenvalue weighted by atomic mass is 10.1. The van der Waals surface area contributed by atoms with Gasteiger partial charge in [-0.3, -0.25) is 4.79 Å². The van der Waals surface area contributed by atoms with Gasteiger partial charge in [0.05, 0.1) is 12.5 Å². The minimum Gasteiger partial charge on any atom is -0.481 e. The maximum atomic E-state index is 11.4. The Bertz CT molecular complexity index is 422. The number of thiophene rings is 1. The monoisotopic (exact) mass is 334 g/mol. The molecule has 1 rings (SSSR count). The summed E-state index contributed by atoms with van der Waals surface area (Å²) in [6, 6.07) is 1.66. The zero-order valence-electron chi connectivity index (χ0n) is 9.90. The molecule has 18 heavy (non-hydrogen) atoms. The number of aliphatic carboxylic acids is 1. The molecule has 0 aliphatic carbocycles. The van der Waals surface area contributed by atoms with E-state index in [1.54, 1.807) is 18.3 Å². The zero-order chi connectivity index (χ0) is 13.5. The molecule has 7 heteroatoms. The van der Waals surface area contributed by atoms with Crippen molar-refractivity contribution in [2.24, 2.45) is 5.92 Å². The van der Waals surface area contributed by atoms with Gasteiger partial charge in [-0.2, -0.15) is 0 Å². The molecule has 0 spiro atoms. The SMILES string of the molecule is CC(CCNC(=O)NCc1cc(Br)cs1)C(=O)O. The van der Waals surface area contributed by atoms with Gasteiger partial charge in [-0.1, -0.05) is 6.92 Å². The van der Waals surface area contributed by atoms with E-state index in [0.29, 0.717) is 19.5 Å². The van der Waals surface area contributed by atoms with Crippen LogP contribution in [0.15, 0.2) is 15.9 Å². The number of carboxylic acids is 1. The Labute approximate surface area is 118 Å². The van der Waals surface area contributed by atoms with E-state index in [2.05, 4.69) is 26.6 Å². The van der Waals surface area contributed by atoms with Crippen molar-refractivity contribution in [3.05, 3.63) is 20.8 Å². The van der Waals surface area contributed by atoms with Crippen LogP contribution in [0, 0.1) is 5.92 Å². The number of rotatable bonds is 6. The zero-order valence-corrected chi connectivity index (χ0v) is 12.3. The van der Waals surface area contributed by atoms with Gasteiger partial charge in [-0.25, -0.2) is 4.79 Å². The molecular weight excluding hydrogens is 320 g/mol. The number of carbonyl (C=O) groups is 2. The molecule has 1 aromatic heterocycles. The largest absolute Gasteiger partial charge is 0.481 e. The Kier molecular flexibility index (Phi) is 6.14. The summed E-state index contributed by atoms with van der Waals surface area (Å²) in [5.41, 5.74) is 0. The number of carboxylic acid groups (broad SMARTS) is 1. The fourth-order valence-electron chi connectivity index (χ4n) is 1.20. The maximum absolute atomic E-state index is 11.4. The molecule has 0 aliphatic heterocycles. The fraction of sp³-hybridized carbons (Fsp3) is 0.455. The van der Waals surface area contributed by atoms with Gasteiger partial charge in [0.25, 0.3) is 0 Å². The molecule has 0 saturated carbocycles. The number of hydrogen-bond acceptors (Lipinski definition) is 3. The van der Waals surface area contributed by atoms with Crippen LogP contribution < -0.4 is 10.6 Å². The van der Waals surface area contributed by atoms with E-state index in [0.717, 1.165) is 9.35 Å². The third-order valence-corrected chi connectivity index (χ3v) is 4.03. The topological polar surface area (TPSA) is 78.4 Å². The molecular formula is C11H15BrN2O3S. The Morgan fingerprint density at radius 3 is 2.78 bits per heavy atom. The van der Waals surface area contributed by atoms with Crippen LogP contribution in [-0.2, 0) is 11.3 Å². The summed E-state index contributed by atoms with van der Waals surface area (Å²) in [4.78, 5) is 23.0. The van der Waals surface area contributed by atoms with E-state index in [1.807, 2.05) is 11.4 Å². The van der Waals surface area contributed by atoms with E-state index in [9.17, 15) is 9.59 Å². The van der Waals surface area contributed by atoms with Gasteiger partial charge in [0.2, 0.25) is 0 Å².